The van der Waals surface area contributed by atoms with Gasteiger partial charge in [0.25, 0.3) is 0 Å². The topological polar surface area (TPSA) is 47.3 Å². The quantitative estimate of drug-likeness (QED) is 0.890. The van der Waals surface area contributed by atoms with Crippen molar-refractivity contribution in [2.45, 2.75) is 31.8 Å². The average Bonchev–Trinajstić information content (AvgIpc) is 2.41. The summed E-state index contributed by atoms with van der Waals surface area (Å²) in [6.45, 7) is 1.52. The van der Waals surface area contributed by atoms with Gasteiger partial charge in [-0.1, -0.05) is 12.5 Å². The number of aliphatic hydroxyl groups excluding tert-OH is 1. The maximum Gasteiger partial charge on any atom is 0.129 e. The van der Waals surface area contributed by atoms with Crippen molar-refractivity contribution in [1.82, 2.24) is 4.90 Å². The van der Waals surface area contributed by atoms with Crippen molar-refractivity contribution in [1.29, 1.82) is 5.26 Å². The van der Waals surface area contributed by atoms with Gasteiger partial charge in [-0.05, 0) is 31.5 Å². The van der Waals surface area contributed by atoms with Crippen molar-refractivity contribution in [3.8, 4) is 6.07 Å². The first-order chi connectivity index (χ1) is 8.74. The van der Waals surface area contributed by atoms with Crippen molar-refractivity contribution in [3.05, 3.63) is 35.1 Å². The maximum absolute atomic E-state index is 13.8. The first-order valence-corrected chi connectivity index (χ1v) is 6.28. The summed E-state index contributed by atoms with van der Waals surface area (Å²) in [4.78, 5) is 2.12. The molecule has 4 heteroatoms. The second-order valence-corrected chi connectivity index (χ2v) is 4.72. The molecule has 0 spiro atoms. The molecule has 1 aromatic carbocycles. The zero-order chi connectivity index (χ0) is 13.0. The van der Waals surface area contributed by atoms with Gasteiger partial charge >= 0.3 is 0 Å². The Labute approximate surface area is 106 Å². The lowest BCUT2D eigenvalue weighted by atomic mass is 10.0. The number of rotatable bonds is 3. The average molecular weight is 248 g/mol. The predicted molar refractivity (Wildman–Crippen MR) is 66.2 cm³/mol. The zero-order valence-electron chi connectivity index (χ0n) is 10.3. The number of aliphatic hydroxyl groups is 1. The van der Waals surface area contributed by atoms with Gasteiger partial charge in [-0.2, -0.15) is 5.26 Å². The highest BCUT2D eigenvalue weighted by molar-refractivity contribution is 5.32. The molecule has 0 radical (unpaired) electrons. The second kappa shape index (κ2) is 5.94. The minimum atomic E-state index is -0.337. The van der Waals surface area contributed by atoms with E-state index < -0.39 is 0 Å². The first-order valence-electron chi connectivity index (χ1n) is 6.28. The van der Waals surface area contributed by atoms with Crippen LogP contribution in [0, 0.1) is 17.1 Å². The summed E-state index contributed by atoms with van der Waals surface area (Å²) in [5, 5.41) is 18.0. The third kappa shape index (κ3) is 2.87. The summed E-state index contributed by atoms with van der Waals surface area (Å²) in [5.74, 6) is -0.337. The molecule has 0 bridgehead atoms. The predicted octanol–water partition coefficient (Wildman–Crippen LogP) is 2.04. The lowest BCUT2D eigenvalue weighted by molar-refractivity contribution is 0.0832. The molecule has 1 aliphatic heterocycles. The Morgan fingerprint density at radius 2 is 2.28 bits per heavy atom. The van der Waals surface area contributed by atoms with Crippen molar-refractivity contribution in [2.75, 3.05) is 13.2 Å². The summed E-state index contributed by atoms with van der Waals surface area (Å²) < 4.78 is 13.8. The van der Waals surface area contributed by atoms with E-state index in [0.29, 0.717) is 17.7 Å². The van der Waals surface area contributed by atoms with E-state index in [-0.39, 0.29) is 18.5 Å². The van der Waals surface area contributed by atoms with Crippen LogP contribution in [0.25, 0.3) is 0 Å². The molecule has 1 aromatic rings. The molecule has 1 atom stereocenters. The Morgan fingerprint density at radius 1 is 1.44 bits per heavy atom. The number of nitrogens with zero attached hydrogens (tertiary/aromatic N) is 2. The summed E-state index contributed by atoms with van der Waals surface area (Å²) in [6.07, 6.45) is 3.18. The number of nitriles is 1. The van der Waals surface area contributed by atoms with Gasteiger partial charge in [-0.15, -0.1) is 0 Å². The first kappa shape index (κ1) is 13.0. The summed E-state index contributed by atoms with van der Waals surface area (Å²) in [5.41, 5.74) is 0.933. The molecule has 1 N–H and O–H groups in total. The maximum atomic E-state index is 13.8. The molecular formula is C14H17FN2O. The highest BCUT2D eigenvalue weighted by atomic mass is 19.1. The highest BCUT2D eigenvalue weighted by Gasteiger charge is 2.22. The number of piperidine rings is 1. The van der Waals surface area contributed by atoms with Crippen molar-refractivity contribution in [3.63, 3.8) is 0 Å². The van der Waals surface area contributed by atoms with E-state index >= 15 is 0 Å². The van der Waals surface area contributed by atoms with Crippen LogP contribution in [0.1, 0.15) is 30.4 Å². The molecular weight excluding hydrogens is 231 g/mol. The van der Waals surface area contributed by atoms with Crippen LogP contribution in [0.2, 0.25) is 0 Å². The van der Waals surface area contributed by atoms with Gasteiger partial charge in [0, 0.05) is 18.2 Å². The van der Waals surface area contributed by atoms with Gasteiger partial charge in [-0.3, -0.25) is 4.90 Å². The molecule has 18 heavy (non-hydrogen) atoms. The molecule has 1 aliphatic rings. The van der Waals surface area contributed by atoms with Gasteiger partial charge in [0.1, 0.15) is 5.82 Å². The fraction of sp³-hybridized carbons (Fsp3) is 0.500. The molecule has 2 rings (SSSR count). The van der Waals surface area contributed by atoms with Crippen LogP contribution in [-0.2, 0) is 6.54 Å². The molecule has 1 heterocycles. The lowest BCUT2D eigenvalue weighted by Crippen LogP contribution is -2.41. The van der Waals surface area contributed by atoms with Gasteiger partial charge in [0.15, 0.2) is 0 Å². The number of halogens is 1. The van der Waals surface area contributed by atoms with Crippen LogP contribution in [0.5, 0.6) is 0 Å². The number of hydrogen-bond acceptors (Lipinski definition) is 3. The third-order valence-corrected chi connectivity index (χ3v) is 3.52. The molecule has 0 aromatic heterocycles. The van der Waals surface area contributed by atoms with Crippen LogP contribution in [0.4, 0.5) is 4.39 Å². The largest absolute Gasteiger partial charge is 0.395 e. The van der Waals surface area contributed by atoms with Gasteiger partial charge < -0.3 is 5.11 Å². The van der Waals surface area contributed by atoms with E-state index in [1.807, 2.05) is 6.07 Å². The van der Waals surface area contributed by atoms with Crippen LogP contribution in [-0.4, -0.2) is 29.2 Å². The molecule has 1 saturated heterocycles. The third-order valence-electron chi connectivity index (χ3n) is 3.52. The van der Waals surface area contributed by atoms with Crippen molar-refractivity contribution < 1.29 is 9.50 Å². The zero-order valence-corrected chi connectivity index (χ0v) is 10.3. The van der Waals surface area contributed by atoms with Gasteiger partial charge in [0.2, 0.25) is 0 Å². The molecule has 96 valence electrons. The van der Waals surface area contributed by atoms with E-state index in [4.69, 9.17) is 5.26 Å². The van der Waals surface area contributed by atoms with E-state index in [0.717, 1.165) is 25.8 Å². The van der Waals surface area contributed by atoms with Gasteiger partial charge in [-0.25, -0.2) is 4.39 Å². The monoisotopic (exact) mass is 248 g/mol. The Morgan fingerprint density at radius 3 is 2.94 bits per heavy atom. The molecule has 0 amide bonds. The smallest absolute Gasteiger partial charge is 0.129 e. The SMILES string of the molecule is N#Cc1ccc(CN2CCCC[C@@H]2CO)c(F)c1. The molecule has 0 aliphatic carbocycles. The Kier molecular flexibility index (Phi) is 4.29. The molecule has 1 fully saturated rings. The van der Waals surface area contributed by atoms with Crippen LogP contribution in [0.15, 0.2) is 18.2 Å². The fourth-order valence-corrected chi connectivity index (χ4v) is 2.44. The molecule has 0 saturated carbocycles. The van der Waals surface area contributed by atoms with Crippen molar-refractivity contribution in [2.24, 2.45) is 0 Å². The Bertz CT molecular complexity index is 456. The fourth-order valence-electron chi connectivity index (χ4n) is 2.44. The minimum absolute atomic E-state index is 0.123. The van der Waals surface area contributed by atoms with Crippen molar-refractivity contribution >= 4 is 0 Å². The minimum Gasteiger partial charge on any atom is -0.395 e. The number of likely N-dealkylation sites (tertiary alicyclic amines) is 1. The Hall–Kier alpha value is -1.44. The van der Waals surface area contributed by atoms with Crippen LogP contribution >= 0.6 is 0 Å². The van der Waals surface area contributed by atoms with E-state index in [1.165, 1.54) is 6.07 Å². The summed E-state index contributed by atoms with van der Waals surface area (Å²) >= 11 is 0. The highest BCUT2D eigenvalue weighted by Crippen LogP contribution is 2.20. The van der Waals surface area contributed by atoms with E-state index in [2.05, 4.69) is 4.90 Å². The molecule has 3 nitrogen and oxygen atoms in total. The summed E-state index contributed by atoms with van der Waals surface area (Å²) in [7, 11) is 0. The Balaban J connectivity index is 2.10. The molecule has 0 unspecified atom stereocenters. The normalized spacial score (nSPS) is 20.6. The number of benzene rings is 1. The van der Waals surface area contributed by atoms with Crippen LogP contribution < -0.4 is 0 Å². The number of hydrogen-bond donors (Lipinski definition) is 1. The van der Waals surface area contributed by atoms with E-state index in [9.17, 15) is 9.50 Å². The van der Waals surface area contributed by atoms with E-state index in [1.54, 1.807) is 12.1 Å². The standard InChI is InChI=1S/C14H17FN2O/c15-14-7-11(8-16)4-5-12(14)9-17-6-2-1-3-13(17)10-18/h4-5,7,13,18H,1-3,6,9-10H2/t13-/m1/s1. The van der Waals surface area contributed by atoms with Crippen LogP contribution in [0.3, 0.4) is 0 Å². The lowest BCUT2D eigenvalue weighted by Gasteiger charge is -2.34. The second-order valence-electron chi connectivity index (χ2n) is 4.72. The van der Waals surface area contributed by atoms with Gasteiger partial charge in [0.05, 0.1) is 18.2 Å². The summed E-state index contributed by atoms with van der Waals surface area (Å²) in [6, 6.07) is 6.63.